The molecule has 3 aromatic rings. The van der Waals surface area contributed by atoms with Gasteiger partial charge in [-0.2, -0.15) is 0 Å². The van der Waals surface area contributed by atoms with E-state index < -0.39 is 4.87 Å². The number of aromatic hydroxyl groups is 1. The third kappa shape index (κ3) is 3.39. The summed E-state index contributed by atoms with van der Waals surface area (Å²) >= 11 is 0.899. The average Bonchev–Trinajstić information content (AvgIpc) is 3.14. The van der Waals surface area contributed by atoms with E-state index in [9.17, 15) is 14.7 Å². The largest absolute Gasteiger partial charge is 0.493 e. The van der Waals surface area contributed by atoms with E-state index in [0.29, 0.717) is 10.6 Å². The van der Waals surface area contributed by atoms with Crippen LogP contribution in [-0.2, 0) is 11.3 Å². The maximum absolute atomic E-state index is 12.3. The van der Waals surface area contributed by atoms with Crippen LogP contribution in [0.25, 0.3) is 11.6 Å². The van der Waals surface area contributed by atoms with Gasteiger partial charge in [0, 0.05) is 22.5 Å². The molecule has 0 atom stereocenters. The van der Waals surface area contributed by atoms with Crippen LogP contribution in [0.4, 0.5) is 11.4 Å². The van der Waals surface area contributed by atoms with Crippen LogP contribution in [0.2, 0.25) is 0 Å². The number of carbonyl (C=O) groups is 1. The van der Waals surface area contributed by atoms with Crippen molar-refractivity contribution in [3.8, 4) is 5.88 Å². The van der Waals surface area contributed by atoms with Gasteiger partial charge in [0.15, 0.2) is 0 Å². The average molecular weight is 391 g/mol. The van der Waals surface area contributed by atoms with Gasteiger partial charge in [0.25, 0.3) is 0 Å². The van der Waals surface area contributed by atoms with Crippen LogP contribution in [0.3, 0.4) is 0 Å². The summed E-state index contributed by atoms with van der Waals surface area (Å²) in [6.07, 6.45) is 1.75. The SMILES string of the molecule is CC1=Nc2ccccc2/C1=C\c1sc(=O)n(CC(=O)Nc2ccccc2)c1O. The minimum Gasteiger partial charge on any atom is -0.493 e. The fraction of sp³-hybridized carbons (Fsp3) is 0.0952. The Kier molecular flexibility index (Phi) is 4.67. The molecule has 0 aliphatic carbocycles. The van der Waals surface area contributed by atoms with Gasteiger partial charge in [-0.1, -0.05) is 47.7 Å². The van der Waals surface area contributed by atoms with Crippen molar-refractivity contribution in [1.29, 1.82) is 0 Å². The summed E-state index contributed by atoms with van der Waals surface area (Å²) in [5, 5.41) is 13.2. The number of para-hydroxylation sites is 2. The minimum absolute atomic E-state index is 0.220. The lowest BCUT2D eigenvalue weighted by Crippen LogP contribution is -2.23. The first-order valence-corrected chi connectivity index (χ1v) is 9.49. The third-order valence-corrected chi connectivity index (χ3v) is 5.32. The van der Waals surface area contributed by atoms with E-state index in [1.807, 2.05) is 37.3 Å². The zero-order valence-electron chi connectivity index (χ0n) is 15.0. The number of carbonyl (C=O) groups excluding carboxylic acids is 1. The van der Waals surface area contributed by atoms with E-state index in [-0.39, 0.29) is 18.3 Å². The van der Waals surface area contributed by atoms with Gasteiger partial charge < -0.3 is 10.4 Å². The molecule has 1 aliphatic rings. The molecule has 0 saturated carbocycles. The van der Waals surface area contributed by atoms with Crippen LogP contribution in [0.1, 0.15) is 17.4 Å². The van der Waals surface area contributed by atoms with Gasteiger partial charge in [-0.15, -0.1) is 0 Å². The van der Waals surface area contributed by atoms with Crippen LogP contribution >= 0.6 is 11.3 Å². The van der Waals surface area contributed by atoms with E-state index in [1.165, 1.54) is 0 Å². The molecule has 1 aromatic heterocycles. The quantitative estimate of drug-likeness (QED) is 0.707. The number of amides is 1. The molecule has 0 unspecified atom stereocenters. The molecule has 0 fully saturated rings. The smallest absolute Gasteiger partial charge is 0.311 e. The Morgan fingerprint density at radius 3 is 2.68 bits per heavy atom. The highest BCUT2D eigenvalue weighted by molar-refractivity contribution is 7.10. The molecule has 6 nitrogen and oxygen atoms in total. The number of rotatable bonds is 4. The second-order valence-corrected chi connectivity index (χ2v) is 7.32. The summed E-state index contributed by atoms with van der Waals surface area (Å²) in [5.74, 6) is -0.604. The van der Waals surface area contributed by atoms with E-state index in [2.05, 4.69) is 10.3 Å². The lowest BCUT2D eigenvalue weighted by atomic mass is 10.0. The topological polar surface area (TPSA) is 83.7 Å². The van der Waals surface area contributed by atoms with Crippen molar-refractivity contribution in [3.63, 3.8) is 0 Å². The molecule has 0 bridgehead atoms. The summed E-state index contributed by atoms with van der Waals surface area (Å²) in [7, 11) is 0. The molecule has 0 radical (unpaired) electrons. The molecule has 4 rings (SSSR count). The van der Waals surface area contributed by atoms with Crippen LogP contribution in [0, 0.1) is 0 Å². The molecule has 0 saturated heterocycles. The van der Waals surface area contributed by atoms with E-state index in [1.54, 1.807) is 30.3 Å². The highest BCUT2D eigenvalue weighted by Crippen LogP contribution is 2.37. The fourth-order valence-corrected chi connectivity index (χ4v) is 3.89. The van der Waals surface area contributed by atoms with Gasteiger partial charge >= 0.3 is 4.87 Å². The third-order valence-electron chi connectivity index (χ3n) is 4.40. The van der Waals surface area contributed by atoms with Crippen molar-refractivity contribution in [2.75, 3.05) is 5.32 Å². The maximum Gasteiger partial charge on any atom is 0.311 e. The van der Waals surface area contributed by atoms with Crippen LogP contribution in [0.5, 0.6) is 5.88 Å². The van der Waals surface area contributed by atoms with Gasteiger partial charge in [0.2, 0.25) is 11.8 Å². The standard InChI is InChI=1S/C21H17N3O3S/c1-13-16(15-9-5-6-10-17(15)22-13)11-18-20(26)24(21(27)28-18)12-19(25)23-14-7-3-2-4-8-14/h2-11,26H,12H2,1H3,(H,23,25)/b16-11-. The van der Waals surface area contributed by atoms with E-state index in [4.69, 9.17) is 0 Å². The Bertz CT molecular complexity index is 1170. The molecular formula is C21H17N3O3S. The Morgan fingerprint density at radius 1 is 1.18 bits per heavy atom. The number of aliphatic imine (C=N–C) groups is 1. The van der Waals surface area contributed by atoms with Crippen LogP contribution in [-0.4, -0.2) is 21.3 Å². The second kappa shape index (κ2) is 7.28. The Hall–Kier alpha value is -3.45. The summed E-state index contributed by atoms with van der Waals surface area (Å²) < 4.78 is 1.07. The van der Waals surface area contributed by atoms with Gasteiger partial charge in [0.05, 0.1) is 10.6 Å². The summed E-state index contributed by atoms with van der Waals surface area (Å²) in [4.78, 5) is 29.1. The molecule has 2 aromatic carbocycles. The van der Waals surface area contributed by atoms with E-state index in [0.717, 1.165) is 38.4 Å². The Morgan fingerprint density at radius 2 is 1.89 bits per heavy atom. The normalized spacial score (nSPS) is 14.0. The van der Waals surface area contributed by atoms with Gasteiger partial charge in [-0.05, 0) is 31.2 Å². The van der Waals surface area contributed by atoms with E-state index >= 15 is 0 Å². The summed E-state index contributed by atoms with van der Waals surface area (Å²) in [6, 6.07) is 16.7. The molecule has 0 spiro atoms. The molecule has 7 heteroatoms. The Balaban J connectivity index is 1.61. The van der Waals surface area contributed by atoms with Crippen molar-refractivity contribution in [3.05, 3.63) is 74.7 Å². The molecule has 1 amide bonds. The number of hydrogen-bond acceptors (Lipinski definition) is 5. The minimum atomic E-state index is -0.395. The molecule has 1 aliphatic heterocycles. The molecule has 140 valence electrons. The highest BCUT2D eigenvalue weighted by atomic mass is 32.1. The number of benzene rings is 2. The van der Waals surface area contributed by atoms with Crippen molar-refractivity contribution < 1.29 is 9.90 Å². The molecule has 2 heterocycles. The number of hydrogen-bond donors (Lipinski definition) is 2. The fourth-order valence-electron chi connectivity index (χ4n) is 3.06. The number of nitrogens with zero attached hydrogens (tertiary/aromatic N) is 2. The lowest BCUT2D eigenvalue weighted by molar-refractivity contribution is -0.116. The van der Waals surface area contributed by atoms with Gasteiger partial charge in [-0.25, -0.2) is 0 Å². The number of anilines is 1. The van der Waals surface area contributed by atoms with Crippen molar-refractivity contribution in [2.24, 2.45) is 4.99 Å². The predicted molar refractivity (Wildman–Crippen MR) is 112 cm³/mol. The first-order chi connectivity index (χ1) is 13.5. The lowest BCUT2D eigenvalue weighted by Gasteiger charge is -2.06. The molecule has 28 heavy (non-hydrogen) atoms. The summed E-state index contributed by atoms with van der Waals surface area (Å²) in [5.41, 5.74) is 4.11. The maximum atomic E-state index is 12.3. The van der Waals surface area contributed by atoms with Gasteiger partial charge in [-0.3, -0.25) is 19.1 Å². The monoisotopic (exact) mass is 391 g/mol. The summed E-state index contributed by atoms with van der Waals surface area (Å²) in [6.45, 7) is 1.62. The predicted octanol–water partition coefficient (Wildman–Crippen LogP) is 3.90. The van der Waals surface area contributed by atoms with Crippen molar-refractivity contribution in [2.45, 2.75) is 13.5 Å². The number of nitrogens with one attached hydrogen (secondary N) is 1. The van der Waals surface area contributed by atoms with Crippen molar-refractivity contribution in [1.82, 2.24) is 4.57 Å². The number of aromatic nitrogens is 1. The second-order valence-electron chi connectivity index (χ2n) is 6.33. The van der Waals surface area contributed by atoms with Gasteiger partial charge in [0.1, 0.15) is 6.54 Å². The highest BCUT2D eigenvalue weighted by Gasteiger charge is 2.20. The first-order valence-electron chi connectivity index (χ1n) is 8.67. The van der Waals surface area contributed by atoms with Crippen molar-refractivity contribution >= 4 is 46.0 Å². The van der Waals surface area contributed by atoms with Crippen LogP contribution in [0.15, 0.2) is 64.4 Å². The number of thiazole rings is 1. The zero-order valence-corrected chi connectivity index (χ0v) is 15.9. The van der Waals surface area contributed by atoms with Crippen LogP contribution < -0.4 is 10.2 Å². The molecular weight excluding hydrogens is 374 g/mol. The Labute approximate surface area is 165 Å². The zero-order chi connectivity index (χ0) is 19.7. The first kappa shape index (κ1) is 17.9. The number of allylic oxidation sites excluding steroid dienone is 1. The number of fused-ring (bicyclic) bond motifs is 1. The molecule has 2 N–H and O–H groups in total.